The van der Waals surface area contributed by atoms with Crippen LogP contribution in [0.2, 0.25) is 0 Å². The molecular weight excluding hydrogens is 220 g/mol. The highest BCUT2D eigenvalue weighted by Crippen LogP contribution is 2.24. The Hall–Kier alpha value is -0.420. The van der Waals surface area contributed by atoms with E-state index in [0.717, 1.165) is 25.2 Å². The highest BCUT2D eigenvalue weighted by atomic mass is 32.1. The zero-order valence-corrected chi connectivity index (χ0v) is 10.8. The number of aliphatic hydroxyl groups is 1. The Morgan fingerprint density at radius 3 is 2.94 bits per heavy atom. The van der Waals surface area contributed by atoms with Crippen LogP contribution in [0, 0.1) is 0 Å². The van der Waals surface area contributed by atoms with Crippen molar-refractivity contribution < 1.29 is 5.11 Å². The molecule has 0 radical (unpaired) electrons. The van der Waals surface area contributed by atoms with Gasteiger partial charge in [0.2, 0.25) is 0 Å². The van der Waals surface area contributed by atoms with Crippen LogP contribution < -0.4 is 0 Å². The van der Waals surface area contributed by atoms with E-state index in [1.807, 2.05) is 16.8 Å². The van der Waals surface area contributed by atoms with E-state index >= 15 is 0 Å². The quantitative estimate of drug-likeness (QED) is 0.847. The summed E-state index contributed by atoms with van der Waals surface area (Å²) in [4.78, 5) is 4.59. The normalized spacial score (nSPS) is 26.6. The van der Waals surface area contributed by atoms with Gasteiger partial charge in [0.15, 0.2) is 0 Å². The molecule has 2 heterocycles. The van der Waals surface area contributed by atoms with Gasteiger partial charge in [0, 0.05) is 6.54 Å². The van der Waals surface area contributed by atoms with Gasteiger partial charge in [-0.15, -0.1) is 0 Å². The summed E-state index contributed by atoms with van der Waals surface area (Å²) in [5.74, 6) is 0. The second-order valence-corrected chi connectivity index (χ2v) is 5.45. The molecule has 16 heavy (non-hydrogen) atoms. The van der Waals surface area contributed by atoms with E-state index in [-0.39, 0.29) is 12.1 Å². The van der Waals surface area contributed by atoms with Crippen LogP contribution >= 0.6 is 11.3 Å². The molecule has 3 nitrogen and oxygen atoms in total. The molecule has 1 aromatic heterocycles. The van der Waals surface area contributed by atoms with Gasteiger partial charge in [-0.05, 0) is 56.0 Å². The zero-order chi connectivity index (χ0) is 11.5. The van der Waals surface area contributed by atoms with E-state index in [1.165, 1.54) is 6.42 Å². The first-order valence-electron chi connectivity index (χ1n) is 5.77. The molecule has 2 rings (SSSR count). The molecule has 1 aromatic rings. The molecule has 2 atom stereocenters. The number of nitrogens with zero attached hydrogens (tertiary/aromatic N) is 2. The summed E-state index contributed by atoms with van der Waals surface area (Å²) in [7, 11) is 4.24. The van der Waals surface area contributed by atoms with Crippen molar-refractivity contribution in [3.05, 3.63) is 22.4 Å². The Kier molecular flexibility index (Phi) is 3.97. The second kappa shape index (κ2) is 5.27. The van der Waals surface area contributed by atoms with Crippen molar-refractivity contribution in [3.63, 3.8) is 0 Å². The predicted molar refractivity (Wildman–Crippen MR) is 67.8 cm³/mol. The van der Waals surface area contributed by atoms with Gasteiger partial charge in [-0.3, -0.25) is 4.90 Å². The number of hydrogen-bond acceptors (Lipinski definition) is 4. The number of likely N-dealkylation sites (N-methyl/N-ethyl adjacent to an activating group) is 2. The average molecular weight is 240 g/mol. The molecule has 0 aliphatic carbocycles. The highest BCUT2D eigenvalue weighted by molar-refractivity contribution is 7.07. The molecule has 1 saturated heterocycles. The van der Waals surface area contributed by atoms with Crippen LogP contribution in [0.15, 0.2) is 16.8 Å². The fraction of sp³-hybridized carbons (Fsp3) is 0.667. The molecule has 2 unspecified atom stereocenters. The van der Waals surface area contributed by atoms with E-state index in [4.69, 9.17) is 0 Å². The first kappa shape index (κ1) is 12.0. The lowest BCUT2D eigenvalue weighted by atomic mass is 10.0. The smallest absolute Gasteiger partial charge is 0.0965 e. The Bertz CT molecular complexity index is 315. The fourth-order valence-corrected chi connectivity index (χ4v) is 3.00. The Morgan fingerprint density at radius 1 is 1.44 bits per heavy atom. The van der Waals surface area contributed by atoms with E-state index in [2.05, 4.69) is 23.9 Å². The van der Waals surface area contributed by atoms with Crippen LogP contribution in [-0.2, 0) is 0 Å². The Balaban J connectivity index is 2.10. The summed E-state index contributed by atoms with van der Waals surface area (Å²) in [5, 5.41) is 14.5. The Morgan fingerprint density at radius 2 is 2.25 bits per heavy atom. The van der Waals surface area contributed by atoms with Crippen molar-refractivity contribution in [2.75, 3.05) is 33.7 Å². The minimum absolute atomic E-state index is 0.210. The van der Waals surface area contributed by atoms with Gasteiger partial charge in [-0.2, -0.15) is 11.3 Å². The molecule has 0 spiro atoms. The topological polar surface area (TPSA) is 26.7 Å². The summed E-state index contributed by atoms with van der Waals surface area (Å²) in [6.45, 7) is 3.13. The SMILES string of the molecule is CN1CCCN(C)C(C(O)c2ccsc2)C1. The number of hydrogen-bond donors (Lipinski definition) is 1. The molecule has 0 bridgehead atoms. The minimum atomic E-state index is -0.364. The van der Waals surface area contributed by atoms with Gasteiger partial charge < -0.3 is 10.0 Å². The van der Waals surface area contributed by atoms with Crippen molar-refractivity contribution in [3.8, 4) is 0 Å². The summed E-state index contributed by atoms with van der Waals surface area (Å²) in [5.41, 5.74) is 1.05. The van der Waals surface area contributed by atoms with Crippen molar-refractivity contribution in [2.24, 2.45) is 0 Å². The first-order valence-corrected chi connectivity index (χ1v) is 6.71. The van der Waals surface area contributed by atoms with Crippen LogP contribution in [0.5, 0.6) is 0 Å². The van der Waals surface area contributed by atoms with Crippen LogP contribution in [0.25, 0.3) is 0 Å². The molecule has 4 heteroatoms. The third-order valence-electron chi connectivity index (χ3n) is 3.36. The van der Waals surface area contributed by atoms with Gasteiger partial charge in [-0.1, -0.05) is 0 Å². The second-order valence-electron chi connectivity index (χ2n) is 4.67. The maximum Gasteiger partial charge on any atom is 0.0965 e. The minimum Gasteiger partial charge on any atom is -0.387 e. The standard InChI is InChI=1S/C12H20N2OS/c1-13-5-3-6-14(2)11(8-13)12(15)10-4-7-16-9-10/h4,7,9,11-12,15H,3,5-6,8H2,1-2H3. The van der Waals surface area contributed by atoms with Crippen LogP contribution in [-0.4, -0.2) is 54.7 Å². The largest absolute Gasteiger partial charge is 0.387 e. The molecule has 0 saturated carbocycles. The van der Waals surface area contributed by atoms with Gasteiger partial charge in [0.1, 0.15) is 0 Å². The third kappa shape index (κ3) is 2.63. The summed E-state index contributed by atoms with van der Waals surface area (Å²) in [6.07, 6.45) is 0.816. The lowest BCUT2D eigenvalue weighted by molar-refractivity contribution is 0.0575. The van der Waals surface area contributed by atoms with E-state index in [0.29, 0.717) is 0 Å². The summed E-state index contributed by atoms with van der Waals surface area (Å²) in [6, 6.07) is 2.23. The van der Waals surface area contributed by atoms with Gasteiger partial charge in [0.05, 0.1) is 12.1 Å². The molecule has 1 N–H and O–H groups in total. The van der Waals surface area contributed by atoms with E-state index in [9.17, 15) is 5.11 Å². The molecule has 1 aliphatic rings. The van der Waals surface area contributed by atoms with Crippen molar-refractivity contribution >= 4 is 11.3 Å². The maximum absolute atomic E-state index is 10.4. The molecule has 1 fully saturated rings. The summed E-state index contributed by atoms with van der Waals surface area (Å²) >= 11 is 1.65. The van der Waals surface area contributed by atoms with Crippen LogP contribution in [0.3, 0.4) is 0 Å². The average Bonchev–Trinajstić information content (AvgIpc) is 2.72. The van der Waals surface area contributed by atoms with Crippen LogP contribution in [0.4, 0.5) is 0 Å². The van der Waals surface area contributed by atoms with Crippen molar-refractivity contribution in [2.45, 2.75) is 18.6 Å². The van der Waals surface area contributed by atoms with Crippen molar-refractivity contribution in [1.29, 1.82) is 0 Å². The number of rotatable bonds is 2. The van der Waals surface area contributed by atoms with E-state index < -0.39 is 0 Å². The van der Waals surface area contributed by atoms with Crippen LogP contribution in [0.1, 0.15) is 18.1 Å². The molecule has 1 aliphatic heterocycles. The van der Waals surface area contributed by atoms with Gasteiger partial charge in [0.25, 0.3) is 0 Å². The maximum atomic E-state index is 10.4. The van der Waals surface area contributed by atoms with Gasteiger partial charge >= 0.3 is 0 Å². The molecular formula is C12H20N2OS. The molecule has 90 valence electrons. The lowest BCUT2D eigenvalue weighted by Gasteiger charge is -2.31. The third-order valence-corrected chi connectivity index (χ3v) is 4.07. The lowest BCUT2D eigenvalue weighted by Crippen LogP contribution is -2.42. The van der Waals surface area contributed by atoms with Crippen molar-refractivity contribution in [1.82, 2.24) is 9.80 Å². The number of thiophene rings is 1. The fourth-order valence-electron chi connectivity index (χ4n) is 2.31. The Labute approximate surface area is 101 Å². The predicted octanol–water partition coefficient (Wildman–Crippen LogP) is 1.42. The molecule has 0 aromatic carbocycles. The zero-order valence-electron chi connectivity index (χ0n) is 9.97. The van der Waals surface area contributed by atoms with Gasteiger partial charge in [-0.25, -0.2) is 0 Å². The summed E-state index contributed by atoms with van der Waals surface area (Å²) < 4.78 is 0. The highest BCUT2D eigenvalue weighted by Gasteiger charge is 2.28. The monoisotopic (exact) mass is 240 g/mol. The number of aliphatic hydroxyl groups excluding tert-OH is 1. The first-order chi connectivity index (χ1) is 7.68. The molecule has 0 amide bonds. The van der Waals surface area contributed by atoms with E-state index in [1.54, 1.807) is 11.3 Å².